The molecule has 2 aliphatic rings. The van der Waals surface area contributed by atoms with E-state index < -0.39 is 11.6 Å². The summed E-state index contributed by atoms with van der Waals surface area (Å²) in [5.74, 6) is 0.968. The van der Waals surface area contributed by atoms with Crippen LogP contribution in [0.4, 0.5) is 0 Å². The van der Waals surface area contributed by atoms with Crippen molar-refractivity contribution in [3.05, 3.63) is 77.4 Å². The molecule has 0 amide bonds. The Morgan fingerprint density at radius 1 is 1.24 bits per heavy atom. The predicted molar refractivity (Wildman–Crippen MR) is 116 cm³/mol. The van der Waals surface area contributed by atoms with Gasteiger partial charge in [-0.05, 0) is 53.7 Å². The molecule has 152 valence electrons. The average molecular weight is 392 g/mol. The van der Waals surface area contributed by atoms with Crippen molar-refractivity contribution in [3.8, 4) is 5.75 Å². The van der Waals surface area contributed by atoms with E-state index in [9.17, 15) is 5.11 Å². The van der Waals surface area contributed by atoms with Gasteiger partial charge in [0.25, 0.3) is 0 Å². The van der Waals surface area contributed by atoms with Crippen molar-refractivity contribution in [1.29, 1.82) is 0 Å². The molecule has 4 nitrogen and oxygen atoms in total. The van der Waals surface area contributed by atoms with Gasteiger partial charge in [0.1, 0.15) is 5.75 Å². The number of nitrogens with zero attached hydrogens (tertiary/aromatic N) is 1. The van der Waals surface area contributed by atoms with Gasteiger partial charge >= 0.3 is 0 Å². The Hall–Kier alpha value is -2.43. The van der Waals surface area contributed by atoms with E-state index in [2.05, 4.69) is 37.3 Å². The highest BCUT2D eigenvalue weighted by atomic mass is 16.5. The van der Waals surface area contributed by atoms with Crippen LogP contribution in [-0.4, -0.2) is 30.6 Å². The lowest BCUT2D eigenvalue weighted by Gasteiger charge is -2.36. The molecule has 0 saturated heterocycles. The Labute approximate surface area is 172 Å². The Morgan fingerprint density at radius 3 is 2.90 bits per heavy atom. The summed E-state index contributed by atoms with van der Waals surface area (Å²) in [7, 11) is 1.64. The third-order valence-electron chi connectivity index (χ3n) is 6.30. The van der Waals surface area contributed by atoms with E-state index in [-0.39, 0.29) is 12.0 Å². The van der Waals surface area contributed by atoms with Gasteiger partial charge in [-0.15, -0.1) is 0 Å². The minimum absolute atomic E-state index is 0.0741. The number of aliphatic imine (C=N–C) groups is 1. The van der Waals surface area contributed by atoms with Crippen LogP contribution in [0, 0.1) is 5.92 Å². The standard InChI is InChI=1S/C25H29NO3/c1-18(15-24-22-10-4-3-7-19(22)11-14-29-24)25(12-6-13-26-25)17-23(27)20-8-5-9-21(16-20)28-2/h3-10,12-13,16,18,23-24,27H,11,14-15,17H2,1-2H3. The van der Waals surface area contributed by atoms with E-state index in [1.165, 1.54) is 11.1 Å². The van der Waals surface area contributed by atoms with Crippen molar-refractivity contribution in [1.82, 2.24) is 0 Å². The Morgan fingerprint density at radius 2 is 2.10 bits per heavy atom. The summed E-state index contributed by atoms with van der Waals surface area (Å²) >= 11 is 0. The molecule has 2 aromatic rings. The molecule has 0 aromatic heterocycles. The summed E-state index contributed by atoms with van der Waals surface area (Å²) in [5, 5.41) is 11.0. The smallest absolute Gasteiger partial charge is 0.119 e. The molecule has 0 aliphatic carbocycles. The summed E-state index contributed by atoms with van der Waals surface area (Å²) < 4.78 is 11.5. The molecular weight excluding hydrogens is 362 g/mol. The zero-order valence-electron chi connectivity index (χ0n) is 17.1. The molecule has 0 radical (unpaired) electrons. The summed E-state index contributed by atoms with van der Waals surface area (Å²) in [6.07, 6.45) is 7.80. The van der Waals surface area contributed by atoms with Crippen molar-refractivity contribution >= 4 is 6.21 Å². The van der Waals surface area contributed by atoms with E-state index in [0.717, 1.165) is 30.8 Å². The van der Waals surface area contributed by atoms with E-state index in [1.807, 2.05) is 36.6 Å². The molecule has 2 heterocycles. The topological polar surface area (TPSA) is 51.0 Å². The predicted octanol–water partition coefficient (Wildman–Crippen LogP) is 4.84. The van der Waals surface area contributed by atoms with Crippen LogP contribution in [-0.2, 0) is 11.2 Å². The monoisotopic (exact) mass is 391 g/mol. The third-order valence-corrected chi connectivity index (χ3v) is 6.30. The molecule has 0 bridgehead atoms. The fraction of sp³-hybridized carbons (Fsp3) is 0.400. The molecule has 4 atom stereocenters. The van der Waals surface area contributed by atoms with Gasteiger partial charge in [-0.1, -0.05) is 49.4 Å². The molecule has 4 heteroatoms. The first kappa shape index (κ1) is 19.9. The van der Waals surface area contributed by atoms with Crippen LogP contribution in [0.15, 0.2) is 65.7 Å². The van der Waals surface area contributed by atoms with Gasteiger partial charge in [-0.25, -0.2) is 0 Å². The quantitative estimate of drug-likeness (QED) is 0.735. The lowest BCUT2D eigenvalue weighted by atomic mass is 9.76. The minimum Gasteiger partial charge on any atom is -0.497 e. The van der Waals surface area contributed by atoms with E-state index in [1.54, 1.807) is 7.11 Å². The molecule has 2 aromatic carbocycles. The molecule has 0 fully saturated rings. The van der Waals surface area contributed by atoms with Gasteiger partial charge < -0.3 is 14.6 Å². The number of aliphatic hydroxyl groups excluding tert-OH is 1. The molecule has 29 heavy (non-hydrogen) atoms. The van der Waals surface area contributed by atoms with E-state index in [4.69, 9.17) is 14.5 Å². The lowest BCUT2D eigenvalue weighted by Crippen LogP contribution is -2.35. The number of rotatable bonds is 7. The number of hydrogen-bond donors (Lipinski definition) is 1. The van der Waals surface area contributed by atoms with Gasteiger partial charge in [0, 0.05) is 12.6 Å². The number of benzene rings is 2. The van der Waals surface area contributed by atoms with Crippen LogP contribution in [0.1, 0.15) is 48.7 Å². The maximum absolute atomic E-state index is 11.0. The second kappa shape index (κ2) is 8.52. The molecule has 4 unspecified atom stereocenters. The van der Waals surface area contributed by atoms with Crippen molar-refractivity contribution in [2.45, 2.75) is 43.9 Å². The fourth-order valence-electron chi connectivity index (χ4n) is 4.52. The van der Waals surface area contributed by atoms with Crippen molar-refractivity contribution in [2.75, 3.05) is 13.7 Å². The maximum atomic E-state index is 11.0. The molecule has 1 N–H and O–H groups in total. The first-order valence-corrected chi connectivity index (χ1v) is 10.4. The largest absolute Gasteiger partial charge is 0.497 e. The summed E-state index contributed by atoms with van der Waals surface area (Å²) in [6.45, 7) is 2.97. The normalized spacial score (nSPS) is 24.9. The highest BCUT2D eigenvalue weighted by Gasteiger charge is 2.39. The maximum Gasteiger partial charge on any atom is 0.119 e. The second-order valence-electron chi connectivity index (χ2n) is 8.07. The zero-order chi connectivity index (χ0) is 20.3. The van der Waals surface area contributed by atoms with Gasteiger partial charge in [0.05, 0.1) is 31.5 Å². The van der Waals surface area contributed by atoms with Crippen LogP contribution >= 0.6 is 0 Å². The van der Waals surface area contributed by atoms with Crippen molar-refractivity contribution in [3.63, 3.8) is 0 Å². The lowest BCUT2D eigenvalue weighted by molar-refractivity contribution is 0.0172. The van der Waals surface area contributed by atoms with Crippen LogP contribution < -0.4 is 4.74 Å². The van der Waals surface area contributed by atoms with Crippen molar-refractivity contribution in [2.24, 2.45) is 10.9 Å². The number of methoxy groups -OCH3 is 1. The van der Waals surface area contributed by atoms with Gasteiger partial charge in [0.2, 0.25) is 0 Å². The first-order chi connectivity index (χ1) is 14.1. The molecular formula is C25H29NO3. The van der Waals surface area contributed by atoms with E-state index >= 15 is 0 Å². The Bertz CT molecular complexity index is 892. The van der Waals surface area contributed by atoms with Gasteiger partial charge in [0.15, 0.2) is 0 Å². The van der Waals surface area contributed by atoms with E-state index in [0.29, 0.717) is 6.42 Å². The first-order valence-electron chi connectivity index (χ1n) is 10.4. The van der Waals surface area contributed by atoms with Gasteiger partial charge in [-0.3, -0.25) is 4.99 Å². The number of hydrogen-bond acceptors (Lipinski definition) is 4. The average Bonchev–Trinajstić information content (AvgIpc) is 3.24. The number of ether oxygens (including phenoxy) is 2. The molecule has 4 rings (SSSR count). The number of allylic oxidation sites excluding steroid dienone is 1. The minimum atomic E-state index is -0.619. The van der Waals surface area contributed by atoms with Gasteiger partial charge in [-0.2, -0.15) is 0 Å². The highest BCUT2D eigenvalue weighted by Crippen LogP contribution is 2.42. The fourth-order valence-corrected chi connectivity index (χ4v) is 4.52. The SMILES string of the molecule is COc1cccc(C(O)CC2(C(C)CC3OCCc4ccccc43)C=CC=N2)c1. The Kier molecular flexibility index (Phi) is 5.84. The van der Waals surface area contributed by atoms with Crippen LogP contribution in [0.5, 0.6) is 5.75 Å². The highest BCUT2D eigenvalue weighted by molar-refractivity contribution is 5.75. The van der Waals surface area contributed by atoms with Crippen LogP contribution in [0.3, 0.4) is 0 Å². The summed E-state index contributed by atoms with van der Waals surface area (Å²) in [6, 6.07) is 16.2. The zero-order valence-corrected chi connectivity index (χ0v) is 17.1. The summed E-state index contributed by atoms with van der Waals surface area (Å²) in [5.41, 5.74) is 3.09. The summed E-state index contributed by atoms with van der Waals surface area (Å²) in [4.78, 5) is 4.81. The van der Waals surface area contributed by atoms with Crippen molar-refractivity contribution < 1.29 is 14.6 Å². The number of fused-ring (bicyclic) bond motifs is 1. The number of aliphatic hydroxyl groups is 1. The van der Waals surface area contributed by atoms with Crippen LogP contribution in [0.25, 0.3) is 0 Å². The third kappa shape index (κ3) is 4.14. The molecule has 0 saturated carbocycles. The Balaban J connectivity index is 1.53. The second-order valence-corrected chi connectivity index (χ2v) is 8.07. The molecule has 2 aliphatic heterocycles. The molecule has 0 spiro atoms. The van der Waals surface area contributed by atoms with Crippen LogP contribution in [0.2, 0.25) is 0 Å².